The van der Waals surface area contributed by atoms with Crippen LogP contribution < -0.4 is 29.0 Å². The molecule has 1 heterocycles. The van der Waals surface area contributed by atoms with Crippen LogP contribution in [-0.2, 0) is 21.4 Å². The van der Waals surface area contributed by atoms with Crippen LogP contribution in [0, 0.1) is 0 Å². The third-order valence-corrected chi connectivity index (χ3v) is 6.99. The monoisotopic (exact) mass is 498 g/mol. The van der Waals surface area contributed by atoms with Crippen LogP contribution in [0.2, 0.25) is 0 Å². The van der Waals surface area contributed by atoms with Crippen molar-refractivity contribution in [2.45, 2.75) is 23.9 Å². The molecule has 0 radical (unpaired) electrons. The quantitative estimate of drug-likeness (QED) is 0.442. The lowest BCUT2D eigenvalue weighted by Gasteiger charge is -2.20. The minimum absolute atomic E-state index is 0.0672. The van der Waals surface area contributed by atoms with E-state index in [0.29, 0.717) is 28.6 Å². The van der Waals surface area contributed by atoms with Gasteiger partial charge in [0.2, 0.25) is 22.7 Å². The number of rotatable bonds is 10. The number of hydrogen-bond donors (Lipinski definition) is 2. The molecule has 35 heavy (non-hydrogen) atoms. The number of sulfonamides is 1. The summed E-state index contributed by atoms with van der Waals surface area (Å²) in [6, 6.07) is 17.5. The summed E-state index contributed by atoms with van der Waals surface area (Å²) in [6.45, 7) is 0.430. The Morgan fingerprint density at radius 3 is 2.20 bits per heavy atom. The summed E-state index contributed by atoms with van der Waals surface area (Å²) in [5.41, 5.74) is 1.46. The van der Waals surface area contributed by atoms with E-state index in [1.807, 2.05) is 6.07 Å². The molecule has 3 aromatic carbocycles. The maximum atomic E-state index is 13.1. The Bertz CT molecular complexity index is 1280. The Morgan fingerprint density at radius 2 is 1.54 bits per heavy atom. The summed E-state index contributed by atoms with van der Waals surface area (Å²) >= 11 is 0. The van der Waals surface area contributed by atoms with Gasteiger partial charge in [0, 0.05) is 13.0 Å². The molecule has 1 aliphatic heterocycles. The summed E-state index contributed by atoms with van der Waals surface area (Å²) in [6.07, 6.45) is -0.105. The highest BCUT2D eigenvalue weighted by Crippen LogP contribution is 2.32. The Hall–Kier alpha value is -3.76. The lowest BCUT2D eigenvalue weighted by atomic mass is 10.0. The molecule has 0 fully saturated rings. The smallest absolute Gasteiger partial charge is 0.241 e. The maximum absolute atomic E-state index is 13.1. The van der Waals surface area contributed by atoms with Crippen LogP contribution in [-0.4, -0.2) is 35.3 Å². The summed E-state index contributed by atoms with van der Waals surface area (Å²) in [5, 5.41) is 2.84. The van der Waals surface area contributed by atoms with Gasteiger partial charge in [-0.25, -0.2) is 13.1 Å². The second-order valence-electron chi connectivity index (χ2n) is 7.79. The fourth-order valence-electron chi connectivity index (χ4n) is 3.58. The number of nitrogens with one attached hydrogen (secondary N) is 2. The van der Waals surface area contributed by atoms with Crippen LogP contribution in [0.5, 0.6) is 23.0 Å². The van der Waals surface area contributed by atoms with Gasteiger partial charge in [0.05, 0.1) is 25.2 Å². The largest absolute Gasteiger partial charge is 0.497 e. The third kappa shape index (κ3) is 6.03. The molecule has 0 unspecified atom stereocenters. The summed E-state index contributed by atoms with van der Waals surface area (Å²) in [5.74, 6) is 2.13. The number of amides is 1. The lowest BCUT2D eigenvalue weighted by molar-refractivity contribution is -0.121. The zero-order chi connectivity index (χ0) is 24.8. The topological polar surface area (TPSA) is 112 Å². The van der Waals surface area contributed by atoms with Crippen LogP contribution in [0.25, 0.3) is 0 Å². The average molecular weight is 499 g/mol. The van der Waals surface area contributed by atoms with E-state index in [4.69, 9.17) is 18.9 Å². The molecule has 0 saturated heterocycles. The number of carbonyl (C=O) groups excluding carboxylic acids is 1. The predicted octanol–water partition coefficient (Wildman–Crippen LogP) is 3.16. The minimum Gasteiger partial charge on any atom is -0.497 e. The molecule has 9 nitrogen and oxygen atoms in total. The minimum atomic E-state index is -3.92. The molecule has 4 rings (SSSR count). The number of benzene rings is 3. The van der Waals surface area contributed by atoms with Crippen molar-refractivity contribution in [3.63, 3.8) is 0 Å². The molecule has 3 aromatic rings. The third-order valence-electron chi connectivity index (χ3n) is 5.50. The van der Waals surface area contributed by atoms with Crippen LogP contribution in [0.3, 0.4) is 0 Å². The molecular formula is C25H26N2O7S. The van der Waals surface area contributed by atoms with Crippen molar-refractivity contribution in [1.29, 1.82) is 0 Å². The van der Waals surface area contributed by atoms with Gasteiger partial charge in [0.15, 0.2) is 11.5 Å². The van der Waals surface area contributed by atoms with Crippen LogP contribution >= 0.6 is 0 Å². The zero-order valence-electron chi connectivity index (χ0n) is 19.3. The highest BCUT2D eigenvalue weighted by atomic mass is 32.2. The molecular weight excluding hydrogens is 472 g/mol. The number of methoxy groups -OCH3 is 2. The Kier molecular flexibility index (Phi) is 7.42. The first-order valence-electron chi connectivity index (χ1n) is 10.8. The van der Waals surface area contributed by atoms with Crippen molar-refractivity contribution >= 4 is 15.9 Å². The standard InChI is InChI=1S/C25H26N2O7S/c1-31-19-6-4-18(5-7-19)22(27-35(29,30)21-10-8-20(32-2)9-11-21)14-25(28)26-15-17-3-12-23-24(13-17)34-16-33-23/h3-13,22,27H,14-16H2,1-2H3,(H,26,28)/t22-/m1/s1. The van der Waals surface area contributed by atoms with Crippen LogP contribution in [0.4, 0.5) is 0 Å². The Balaban J connectivity index is 1.49. The number of carbonyl (C=O) groups is 1. The molecule has 2 N–H and O–H groups in total. The van der Waals surface area contributed by atoms with Gasteiger partial charge in [-0.3, -0.25) is 4.79 Å². The first-order chi connectivity index (χ1) is 16.9. The molecule has 0 aromatic heterocycles. The van der Waals surface area contributed by atoms with Crippen molar-refractivity contribution in [2.75, 3.05) is 21.0 Å². The first kappa shape index (κ1) is 24.4. The molecule has 1 aliphatic rings. The van der Waals surface area contributed by atoms with Gasteiger partial charge in [-0.05, 0) is 59.7 Å². The molecule has 0 saturated carbocycles. The van der Waals surface area contributed by atoms with Crippen molar-refractivity contribution in [2.24, 2.45) is 0 Å². The normalized spacial score (nSPS) is 13.2. The van der Waals surface area contributed by atoms with Gasteiger partial charge in [-0.1, -0.05) is 18.2 Å². The number of ether oxygens (including phenoxy) is 4. The molecule has 1 amide bonds. The summed E-state index contributed by atoms with van der Waals surface area (Å²) in [7, 11) is -0.867. The molecule has 1 atom stereocenters. The SMILES string of the molecule is COc1ccc([C@@H](CC(=O)NCc2ccc3c(c2)OCO3)NS(=O)(=O)c2ccc(OC)cc2)cc1. The zero-order valence-corrected chi connectivity index (χ0v) is 20.1. The first-order valence-corrected chi connectivity index (χ1v) is 12.3. The van der Waals surface area contributed by atoms with Crippen LogP contribution in [0.1, 0.15) is 23.6 Å². The van der Waals surface area contributed by atoms with Crippen molar-refractivity contribution in [3.05, 3.63) is 77.9 Å². The maximum Gasteiger partial charge on any atom is 0.241 e. The fraction of sp³-hybridized carbons (Fsp3) is 0.240. The molecule has 184 valence electrons. The average Bonchev–Trinajstić information content (AvgIpc) is 3.35. The Morgan fingerprint density at radius 1 is 0.914 bits per heavy atom. The van der Waals surface area contributed by atoms with Gasteiger partial charge >= 0.3 is 0 Å². The van der Waals surface area contributed by atoms with Gasteiger partial charge < -0.3 is 24.3 Å². The van der Waals surface area contributed by atoms with E-state index in [1.165, 1.54) is 19.2 Å². The van der Waals surface area contributed by atoms with E-state index in [-0.39, 0.29) is 30.6 Å². The molecule has 0 spiro atoms. The fourth-order valence-corrected chi connectivity index (χ4v) is 4.81. The highest BCUT2D eigenvalue weighted by Gasteiger charge is 2.24. The number of fused-ring (bicyclic) bond motifs is 1. The molecule has 10 heteroatoms. The van der Waals surface area contributed by atoms with Crippen molar-refractivity contribution in [1.82, 2.24) is 10.0 Å². The van der Waals surface area contributed by atoms with Gasteiger partial charge in [-0.2, -0.15) is 0 Å². The van der Waals surface area contributed by atoms with Crippen molar-refractivity contribution < 1.29 is 32.2 Å². The summed E-state index contributed by atoms with van der Waals surface area (Å²) in [4.78, 5) is 12.9. The molecule has 0 bridgehead atoms. The van der Waals surface area contributed by atoms with Crippen molar-refractivity contribution in [3.8, 4) is 23.0 Å². The van der Waals surface area contributed by atoms with Gasteiger partial charge in [0.1, 0.15) is 11.5 Å². The second kappa shape index (κ2) is 10.7. The van der Waals surface area contributed by atoms with E-state index in [9.17, 15) is 13.2 Å². The number of hydrogen-bond acceptors (Lipinski definition) is 7. The highest BCUT2D eigenvalue weighted by molar-refractivity contribution is 7.89. The molecule has 0 aliphatic carbocycles. The van der Waals surface area contributed by atoms with E-state index in [0.717, 1.165) is 5.56 Å². The van der Waals surface area contributed by atoms with E-state index in [1.54, 1.807) is 55.6 Å². The Labute approximate surface area is 204 Å². The van der Waals surface area contributed by atoms with Gasteiger partial charge in [-0.15, -0.1) is 0 Å². The van der Waals surface area contributed by atoms with Gasteiger partial charge in [0.25, 0.3) is 0 Å². The lowest BCUT2D eigenvalue weighted by Crippen LogP contribution is -2.33. The van der Waals surface area contributed by atoms with E-state index >= 15 is 0 Å². The summed E-state index contributed by atoms with van der Waals surface area (Å²) < 4.78 is 49.8. The van der Waals surface area contributed by atoms with Crippen LogP contribution in [0.15, 0.2) is 71.6 Å². The second-order valence-corrected chi connectivity index (χ2v) is 9.51. The predicted molar refractivity (Wildman–Crippen MR) is 128 cm³/mol. The van der Waals surface area contributed by atoms with E-state index < -0.39 is 16.1 Å². The van der Waals surface area contributed by atoms with E-state index in [2.05, 4.69) is 10.0 Å².